The summed E-state index contributed by atoms with van der Waals surface area (Å²) in [6.07, 6.45) is 3.57. The quantitative estimate of drug-likeness (QED) is 0.369. The van der Waals surface area contributed by atoms with E-state index < -0.39 is 0 Å². The number of amides is 1. The summed E-state index contributed by atoms with van der Waals surface area (Å²) in [5.41, 5.74) is 4.94. The highest BCUT2D eigenvalue weighted by Crippen LogP contribution is 2.21. The Kier molecular flexibility index (Phi) is 5.49. The van der Waals surface area contributed by atoms with Crippen molar-refractivity contribution in [2.45, 2.75) is 0 Å². The van der Waals surface area contributed by atoms with Gasteiger partial charge >= 0.3 is 0 Å². The molecule has 0 spiro atoms. The van der Waals surface area contributed by atoms with Crippen molar-refractivity contribution in [2.75, 3.05) is 7.11 Å². The SMILES string of the molecule is COc1cc(C(=O)NN=Cc2cccn2-c2ccccc2)ccc1I. The van der Waals surface area contributed by atoms with Crippen molar-refractivity contribution in [3.05, 3.63) is 81.7 Å². The van der Waals surface area contributed by atoms with Gasteiger partial charge in [0, 0.05) is 17.4 Å². The third-order valence-corrected chi connectivity index (χ3v) is 4.48. The second kappa shape index (κ2) is 7.98. The molecule has 0 aliphatic rings. The van der Waals surface area contributed by atoms with Crippen molar-refractivity contribution >= 4 is 34.7 Å². The van der Waals surface area contributed by atoms with Gasteiger partial charge in [0.2, 0.25) is 0 Å². The van der Waals surface area contributed by atoms with E-state index in [1.54, 1.807) is 25.5 Å². The summed E-state index contributed by atoms with van der Waals surface area (Å²) in [6, 6.07) is 19.1. The van der Waals surface area contributed by atoms with Crippen LogP contribution in [0.3, 0.4) is 0 Å². The van der Waals surface area contributed by atoms with E-state index in [-0.39, 0.29) is 5.91 Å². The molecule has 0 radical (unpaired) electrons. The summed E-state index contributed by atoms with van der Waals surface area (Å²) in [6.45, 7) is 0. The molecule has 3 aromatic rings. The first-order valence-corrected chi connectivity index (χ1v) is 8.66. The van der Waals surface area contributed by atoms with E-state index in [0.29, 0.717) is 11.3 Å². The highest BCUT2D eigenvalue weighted by molar-refractivity contribution is 14.1. The largest absolute Gasteiger partial charge is 0.496 e. The molecule has 1 N–H and O–H groups in total. The number of nitrogens with one attached hydrogen (secondary N) is 1. The van der Waals surface area contributed by atoms with Gasteiger partial charge in [-0.15, -0.1) is 0 Å². The van der Waals surface area contributed by atoms with Gasteiger partial charge in [-0.3, -0.25) is 4.79 Å². The van der Waals surface area contributed by atoms with Gasteiger partial charge in [0.1, 0.15) is 5.75 Å². The number of para-hydroxylation sites is 1. The predicted octanol–water partition coefficient (Wildman–Crippen LogP) is 3.85. The maximum atomic E-state index is 12.2. The lowest BCUT2D eigenvalue weighted by molar-refractivity contribution is 0.0954. The molecule has 0 aliphatic carbocycles. The minimum absolute atomic E-state index is 0.288. The number of hydrogen-bond donors (Lipinski definition) is 1. The zero-order valence-corrected chi connectivity index (χ0v) is 15.7. The average Bonchev–Trinajstić information content (AvgIpc) is 3.11. The van der Waals surface area contributed by atoms with Crippen molar-refractivity contribution in [3.8, 4) is 11.4 Å². The van der Waals surface area contributed by atoms with Gasteiger partial charge in [-0.1, -0.05) is 18.2 Å². The third-order valence-electron chi connectivity index (χ3n) is 3.59. The van der Waals surface area contributed by atoms with Crippen LogP contribution in [-0.4, -0.2) is 23.8 Å². The van der Waals surface area contributed by atoms with Gasteiger partial charge in [0.05, 0.1) is 22.6 Å². The number of carbonyl (C=O) groups excluding carboxylic acids is 1. The molecular formula is C19H16IN3O2. The molecule has 1 amide bonds. The van der Waals surface area contributed by atoms with Gasteiger partial charge in [-0.2, -0.15) is 5.10 Å². The summed E-state index contributed by atoms with van der Waals surface area (Å²) in [5.74, 6) is 0.374. The lowest BCUT2D eigenvalue weighted by Crippen LogP contribution is -2.18. The first-order valence-electron chi connectivity index (χ1n) is 7.59. The second-order valence-corrected chi connectivity index (χ2v) is 6.35. The summed E-state index contributed by atoms with van der Waals surface area (Å²) >= 11 is 2.16. The molecule has 0 saturated carbocycles. The Labute approximate surface area is 159 Å². The molecule has 0 aliphatic heterocycles. The van der Waals surface area contributed by atoms with Crippen LogP contribution in [-0.2, 0) is 0 Å². The number of halogens is 1. The van der Waals surface area contributed by atoms with Crippen LogP contribution in [0.5, 0.6) is 5.75 Å². The maximum Gasteiger partial charge on any atom is 0.271 e. The molecule has 25 heavy (non-hydrogen) atoms. The van der Waals surface area contributed by atoms with Crippen LogP contribution in [0.1, 0.15) is 16.1 Å². The average molecular weight is 445 g/mol. The number of rotatable bonds is 5. The van der Waals surface area contributed by atoms with Gasteiger partial charge in [0.25, 0.3) is 5.91 Å². The zero-order chi connectivity index (χ0) is 17.6. The van der Waals surface area contributed by atoms with Crippen LogP contribution in [0.25, 0.3) is 5.69 Å². The Morgan fingerprint density at radius 3 is 2.72 bits per heavy atom. The molecule has 6 heteroatoms. The first kappa shape index (κ1) is 17.2. The fourth-order valence-corrected chi connectivity index (χ4v) is 2.90. The van der Waals surface area contributed by atoms with Crippen LogP contribution >= 0.6 is 22.6 Å². The van der Waals surface area contributed by atoms with Gasteiger partial charge in [-0.05, 0) is 65.1 Å². The van der Waals surface area contributed by atoms with Crippen molar-refractivity contribution in [1.29, 1.82) is 0 Å². The third kappa shape index (κ3) is 4.08. The molecule has 0 fully saturated rings. The Morgan fingerprint density at radius 1 is 1.16 bits per heavy atom. The van der Waals surface area contributed by atoms with E-state index in [2.05, 4.69) is 33.1 Å². The van der Waals surface area contributed by atoms with Crippen LogP contribution < -0.4 is 10.2 Å². The number of benzene rings is 2. The monoisotopic (exact) mass is 445 g/mol. The summed E-state index contributed by atoms with van der Waals surface area (Å²) in [4.78, 5) is 12.2. The highest BCUT2D eigenvalue weighted by atomic mass is 127. The molecule has 126 valence electrons. The first-order chi connectivity index (χ1) is 12.2. The number of nitrogens with zero attached hydrogens (tertiary/aromatic N) is 2. The number of aromatic nitrogens is 1. The molecule has 3 rings (SSSR count). The molecular weight excluding hydrogens is 429 g/mol. The Morgan fingerprint density at radius 2 is 1.96 bits per heavy atom. The maximum absolute atomic E-state index is 12.2. The van der Waals surface area contributed by atoms with E-state index in [1.807, 2.05) is 59.3 Å². The minimum Gasteiger partial charge on any atom is -0.496 e. The van der Waals surface area contributed by atoms with Crippen LogP contribution in [0.15, 0.2) is 72.0 Å². The van der Waals surface area contributed by atoms with Crippen LogP contribution in [0.4, 0.5) is 0 Å². The summed E-state index contributed by atoms with van der Waals surface area (Å²) < 4.78 is 8.17. The van der Waals surface area contributed by atoms with Crippen molar-refractivity contribution < 1.29 is 9.53 Å². The molecule has 0 bridgehead atoms. The van der Waals surface area contributed by atoms with E-state index in [1.165, 1.54) is 0 Å². The van der Waals surface area contributed by atoms with Gasteiger partial charge in [0.15, 0.2) is 0 Å². The number of carbonyl (C=O) groups is 1. The Balaban J connectivity index is 1.72. The Bertz CT molecular complexity index is 904. The van der Waals surface area contributed by atoms with Gasteiger partial charge < -0.3 is 9.30 Å². The number of ether oxygens (including phenoxy) is 1. The van der Waals surface area contributed by atoms with Crippen molar-refractivity contribution in [1.82, 2.24) is 9.99 Å². The van der Waals surface area contributed by atoms with Crippen LogP contribution in [0.2, 0.25) is 0 Å². The molecule has 2 aromatic carbocycles. The minimum atomic E-state index is -0.288. The summed E-state index contributed by atoms with van der Waals surface area (Å²) in [5, 5.41) is 4.07. The smallest absolute Gasteiger partial charge is 0.271 e. The summed E-state index contributed by atoms with van der Waals surface area (Å²) in [7, 11) is 1.58. The zero-order valence-electron chi connectivity index (χ0n) is 13.5. The van der Waals surface area contributed by atoms with E-state index in [4.69, 9.17) is 4.74 Å². The van der Waals surface area contributed by atoms with E-state index in [0.717, 1.165) is 15.0 Å². The Hall–Kier alpha value is -2.61. The fourth-order valence-electron chi connectivity index (χ4n) is 2.35. The molecule has 1 aromatic heterocycles. The normalized spacial score (nSPS) is 10.8. The molecule has 0 unspecified atom stereocenters. The number of methoxy groups -OCH3 is 1. The molecule has 0 saturated heterocycles. The lowest BCUT2D eigenvalue weighted by Gasteiger charge is -2.06. The van der Waals surface area contributed by atoms with E-state index >= 15 is 0 Å². The molecule has 0 atom stereocenters. The molecule has 5 nitrogen and oxygen atoms in total. The van der Waals surface area contributed by atoms with E-state index in [9.17, 15) is 4.79 Å². The second-order valence-electron chi connectivity index (χ2n) is 5.19. The number of hydrazone groups is 1. The fraction of sp³-hybridized carbons (Fsp3) is 0.0526. The predicted molar refractivity (Wildman–Crippen MR) is 107 cm³/mol. The molecule has 1 heterocycles. The standard InChI is InChI=1S/C19H16IN3O2/c1-25-18-12-14(9-10-17(18)20)19(24)22-21-13-16-8-5-11-23(16)15-6-3-2-4-7-15/h2-13H,1H3,(H,22,24). The van der Waals surface area contributed by atoms with Gasteiger partial charge in [-0.25, -0.2) is 5.43 Å². The van der Waals surface area contributed by atoms with Crippen molar-refractivity contribution in [2.24, 2.45) is 5.10 Å². The van der Waals surface area contributed by atoms with Crippen molar-refractivity contribution in [3.63, 3.8) is 0 Å². The number of hydrogen-bond acceptors (Lipinski definition) is 3. The highest BCUT2D eigenvalue weighted by Gasteiger charge is 2.08. The van der Waals surface area contributed by atoms with Crippen LogP contribution in [0, 0.1) is 3.57 Å². The lowest BCUT2D eigenvalue weighted by atomic mass is 10.2. The topological polar surface area (TPSA) is 55.6 Å².